The highest BCUT2D eigenvalue weighted by Gasteiger charge is 2.08. The van der Waals surface area contributed by atoms with Crippen LogP contribution in [0.2, 0.25) is 0 Å². The third kappa shape index (κ3) is 4.89. The number of carbonyl (C=O) groups is 1. The first kappa shape index (κ1) is 17.6. The number of nitrogens with zero attached hydrogens (tertiary/aromatic N) is 1. The predicted molar refractivity (Wildman–Crippen MR) is 101 cm³/mol. The summed E-state index contributed by atoms with van der Waals surface area (Å²) in [6.07, 6.45) is 1.63. The van der Waals surface area contributed by atoms with Crippen LogP contribution in [0.15, 0.2) is 66.9 Å². The van der Waals surface area contributed by atoms with Gasteiger partial charge in [-0.15, -0.1) is 0 Å². The second kappa shape index (κ2) is 8.25. The zero-order chi connectivity index (χ0) is 18.4. The molecular formula is C21H20FN3O. The topological polar surface area (TPSA) is 54.0 Å². The van der Waals surface area contributed by atoms with Crippen molar-refractivity contribution in [2.24, 2.45) is 0 Å². The molecule has 0 fully saturated rings. The minimum absolute atomic E-state index is 0.0260. The molecule has 0 unspecified atom stereocenters. The number of anilines is 2. The first-order valence-corrected chi connectivity index (χ1v) is 8.39. The predicted octanol–water partition coefficient (Wildman–Crippen LogP) is 4.32. The molecule has 0 bridgehead atoms. The van der Waals surface area contributed by atoms with Crippen molar-refractivity contribution < 1.29 is 9.18 Å². The van der Waals surface area contributed by atoms with Crippen LogP contribution in [0, 0.1) is 12.7 Å². The van der Waals surface area contributed by atoms with Crippen LogP contribution in [0.1, 0.15) is 16.7 Å². The number of hydrogen-bond acceptors (Lipinski definition) is 3. The molecule has 26 heavy (non-hydrogen) atoms. The van der Waals surface area contributed by atoms with Crippen molar-refractivity contribution >= 4 is 17.4 Å². The first-order valence-electron chi connectivity index (χ1n) is 8.39. The summed E-state index contributed by atoms with van der Waals surface area (Å²) in [5, 5.41) is 5.96. The van der Waals surface area contributed by atoms with Gasteiger partial charge in [-0.2, -0.15) is 0 Å². The number of halogens is 1. The molecule has 1 aromatic heterocycles. The maximum atomic E-state index is 13.6. The minimum Gasteiger partial charge on any atom is -0.380 e. The van der Waals surface area contributed by atoms with E-state index >= 15 is 0 Å². The van der Waals surface area contributed by atoms with Crippen molar-refractivity contribution in [1.29, 1.82) is 0 Å². The molecule has 2 aromatic carbocycles. The van der Waals surface area contributed by atoms with E-state index in [2.05, 4.69) is 46.8 Å². The summed E-state index contributed by atoms with van der Waals surface area (Å²) in [4.78, 5) is 16.2. The van der Waals surface area contributed by atoms with Crippen molar-refractivity contribution in [2.75, 3.05) is 10.6 Å². The molecular weight excluding hydrogens is 329 g/mol. The van der Waals surface area contributed by atoms with Gasteiger partial charge in [-0.05, 0) is 36.2 Å². The summed E-state index contributed by atoms with van der Waals surface area (Å²) in [7, 11) is 0. The van der Waals surface area contributed by atoms with Crippen molar-refractivity contribution in [3.8, 4) is 0 Å². The highest BCUT2D eigenvalue weighted by molar-refractivity contribution is 5.91. The first-order chi connectivity index (χ1) is 12.6. The summed E-state index contributed by atoms with van der Waals surface area (Å²) in [5.41, 5.74) is 3.63. The number of nitrogens with one attached hydrogen (secondary N) is 2. The molecule has 1 heterocycles. The van der Waals surface area contributed by atoms with Crippen LogP contribution in [0.4, 0.5) is 15.9 Å². The Morgan fingerprint density at radius 2 is 1.81 bits per heavy atom. The lowest BCUT2D eigenvalue weighted by molar-refractivity contribution is -0.115. The van der Waals surface area contributed by atoms with Gasteiger partial charge in [-0.3, -0.25) is 4.79 Å². The molecule has 0 aliphatic rings. The number of carbonyl (C=O) groups excluding carboxylic acids is 1. The van der Waals surface area contributed by atoms with Gasteiger partial charge in [0.15, 0.2) is 0 Å². The molecule has 0 spiro atoms. The second-order valence-electron chi connectivity index (χ2n) is 6.09. The van der Waals surface area contributed by atoms with Gasteiger partial charge in [-0.1, -0.05) is 48.0 Å². The summed E-state index contributed by atoms with van der Waals surface area (Å²) >= 11 is 0. The number of benzene rings is 2. The van der Waals surface area contributed by atoms with E-state index in [1.54, 1.807) is 30.5 Å². The molecule has 1 amide bonds. The lowest BCUT2D eigenvalue weighted by Crippen LogP contribution is -2.16. The van der Waals surface area contributed by atoms with Crippen LogP contribution in [0.25, 0.3) is 0 Å². The summed E-state index contributed by atoms with van der Waals surface area (Å²) < 4.78 is 13.6. The molecule has 4 nitrogen and oxygen atoms in total. The second-order valence-corrected chi connectivity index (χ2v) is 6.09. The minimum atomic E-state index is -0.383. The van der Waals surface area contributed by atoms with Gasteiger partial charge in [0.1, 0.15) is 11.6 Å². The van der Waals surface area contributed by atoms with Gasteiger partial charge in [0.05, 0.1) is 18.3 Å². The van der Waals surface area contributed by atoms with Crippen molar-refractivity contribution in [3.05, 3.63) is 89.4 Å². The fraction of sp³-hybridized carbons (Fsp3) is 0.143. The zero-order valence-electron chi connectivity index (χ0n) is 14.5. The summed E-state index contributed by atoms with van der Waals surface area (Å²) in [6.45, 7) is 2.75. The van der Waals surface area contributed by atoms with E-state index in [-0.39, 0.29) is 18.1 Å². The molecule has 132 valence electrons. The highest BCUT2D eigenvalue weighted by atomic mass is 19.1. The average Bonchev–Trinajstić information content (AvgIpc) is 2.64. The van der Waals surface area contributed by atoms with Crippen molar-refractivity contribution in [2.45, 2.75) is 19.9 Å². The fourth-order valence-electron chi connectivity index (χ4n) is 2.48. The van der Waals surface area contributed by atoms with Gasteiger partial charge in [0, 0.05) is 6.54 Å². The van der Waals surface area contributed by atoms with Gasteiger partial charge in [-0.25, -0.2) is 9.37 Å². The number of hydrogen-bond donors (Lipinski definition) is 2. The Morgan fingerprint density at radius 1 is 1.04 bits per heavy atom. The number of rotatable bonds is 6. The van der Waals surface area contributed by atoms with Gasteiger partial charge in [0.2, 0.25) is 5.91 Å². The molecule has 3 rings (SSSR count). The van der Waals surface area contributed by atoms with Crippen LogP contribution in [0.5, 0.6) is 0 Å². The Balaban J connectivity index is 1.53. The van der Waals surface area contributed by atoms with E-state index in [1.807, 2.05) is 6.07 Å². The molecule has 0 atom stereocenters. The number of amides is 1. The fourth-order valence-corrected chi connectivity index (χ4v) is 2.48. The quantitative estimate of drug-likeness (QED) is 0.697. The molecule has 2 N–H and O–H groups in total. The Hall–Kier alpha value is -3.21. The maximum absolute atomic E-state index is 13.6. The lowest BCUT2D eigenvalue weighted by Gasteiger charge is -2.09. The standard InChI is InChI=1S/C21H20FN3O/c1-15-6-8-16(9-7-15)13-23-18-10-11-20(24-14-18)25-21(26)12-17-4-2-3-5-19(17)22/h2-11,14,23H,12-13H2,1H3,(H,24,25,26). The third-order valence-electron chi connectivity index (χ3n) is 3.96. The van der Waals surface area contributed by atoms with E-state index in [9.17, 15) is 9.18 Å². The Bertz CT molecular complexity index is 877. The van der Waals surface area contributed by atoms with Crippen LogP contribution in [-0.2, 0) is 17.8 Å². The Kier molecular flexibility index (Phi) is 5.59. The molecule has 5 heteroatoms. The molecule has 0 aliphatic heterocycles. The SMILES string of the molecule is Cc1ccc(CNc2ccc(NC(=O)Cc3ccccc3F)nc2)cc1. The normalized spacial score (nSPS) is 10.4. The van der Waals surface area contributed by atoms with Crippen LogP contribution >= 0.6 is 0 Å². The molecule has 0 saturated heterocycles. The smallest absolute Gasteiger partial charge is 0.230 e. The number of aromatic nitrogens is 1. The summed E-state index contributed by atoms with van der Waals surface area (Å²) in [5.74, 6) is -0.249. The number of pyridine rings is 1. The lowest BCUT2D eigenvalue weighted by atomic mass is 10.1. The van der Waals surface area contributed by atoms with Crippen molar-refractivity contribution in [1.82, 2.24) is 4.98 Å². The van der Waals surface area contributed by atoms with E-state index in [1.165, 1.54) is 17.2 Å². The highest BCUT2D eigenvalue weighted by Crippen LogP contribution is 2.13. The molecule has 0 radical (unpaired) electrons. The Labute approximate surface area is 152 Å². The largest absolute Gasteiger partial charge is 0.380 e. The molecule has 0 aliphatic carbocycles. The third-order valence-corrected chi connectivity index (χ3v) is 3.96. The summed E-state index contributed by atoms with van der Waals surface area (Å²) in [6, 6.07) is 18.1. The van der Waals surface area contributed by atoms with Crippen LogP contribution in [-0.4, -0.2) is 10.9 Å². The monoisotopic (exact) mass is 349 g/mol. The van der Waals surface area contributed by atoms with E-state index < -0.39 is 0 Å². The number of aryl methyl sites for hydroxylation is 1. The maximum Gasteiger partial charge on any atom is 0.230 e. The van der Waals surface area contributed by atoms with E-state index in [0.717, 1.165) is 5.69 Å². The van der Waals surface area contributed by atoms with E-state index in [0.29, 0.717) is 17.9 Å². The van der Waals surface area contributed by atoms with Gasteiger partial charge < -0.3 is 10.6 Å². The van der Waals surface area contributed by atoms with Crippen molar-refractivity contribution in [3.63, 3.8) is 0 Å². The van der Waals surface area contributed by atoms with Crippen LogP contribution < -0.4 is 10.6 Å². The molecule has 3 aromatic rings. The average molecular weight is 349 g/mol. The molecule has 0 saturated carbocycles. The Morgan fingerprint density at radius 3 is 2.50 bits per heavy atom. The van der Waals surface area contributed by atoms with Gasteiger partial charge >= 0.3 is 0 Å². The van der Waals surface area contributed by atoms with Crippen LogP contribution in [0.3, 0.4) is 0 Å². The van der Waals surface area contributed by atoms with Gasteiger partial charge in [0.25, 0.3) is 0 Å². The van der Waals surface area contributed by atoms with E-state index in [4.69, 9.17) is 0 Å². The zero-order valence-corrected chi connectivity index (χ0v) is 14.5.